The Bertz CT molecular complexity index is 386. The topological polar surface area (TPSA) is 35.5 Å². The van der Waals surface area contributed by atoms with Gasteiger partial charge in [0.1, 0.15) is 11.5 Å². The van der Waals surface area contributed by atoms with Gasteiger partial charge in [-0.25, -0.2) is 0 Å². The second-order valence-electron chi connectivity index (χ2n) is 4.50. The lowest BCUT2D eigenvalue weighted by Gasteiger charge is -2.19. The highest BCUT2D eigenvalue weighted by Gasteiger charge is 2.50. The monoisotopic (exact) mass is 206 g/mol. The molecule has 0 saturated heterocycles. The Morgan fingerprint density at radius 2 is 2.13 bits per heavy atom. The number of carbonyl (C=O) groups is 1. The van der Waals surface area contributed by atoms with Crippen molar-refractivity contribution in [1.29, 1.82) is 0 Å². The zero-order valence-electron chi connectivity index (χ0n) is 8.84. The van der Waals surface area contributed by atoms with E-state index in [0.29, 0.717) is 12.6 Å². The highest BCUT2D eigenvalue weighted by molar-refractivity contribution is 5.88. The largest absolute Gasteiger partial charge is 0.458 e. The Kier molecular flexibility index (Phi) is 1.73. The Labute approximate surface area is 88.7 Å². The molecule has 0 amide bonds. The first-order chi connectivity index (χ1) is 7.22. The molecule has 0 aromatic rings. The molecule has 2 aliphatic carbocycles. The molecule has 3 heteroatoms. The maximum Gasteiger partial charge on any atom is 0.230 e. The summed E-state index contributed by atoms with van der Waals surface area (Å²) >= 11 is 0. The third-order valence-electron chi connectivity index (χ3n) is 3.69. The molecule has 80 valence electrons. The summed E-state index contributed by atoms with van der Waals surface area (Å²) in [4.78, 5) is 11.6. The SMILES string of the molecule is CC(=O)C1(C2=CC3=C(CC2)OCO3)CC1. The summed E-state index contributed by atoms with van der Waals surface area (Å²) in [6.07, 6.45) is 5.88. The Morgan fingerprint density at radius 3 is 2.80 bits per heavy atom. The average Bonchev–Trinajstić information content (AvgIpc) is 2.91. The summed E-state index contributed by atoms with van der Waals surface area (Å²) in [7, 11) is 0. The molecule has 0 spiro atoms. The van der Waals surface area contributed by atoms with Crippen molar-refractivity contribution in [1.82, 2.24) is 0 Å². The van der Waals surface area contributed by atoms with Crippen LogP contribution >= 0.6 is 0 Å². The predicted octanol–water partition coefficient (Wildman–Crippen LogP) is 2.29. The van der Waals surface area contributed by atoms with E-state index in [1.54, 1.807) is 6.92 Å². The predicted molar refractivity (Wildman–Crippen MR) is 53.7 cm³/mol. The van der Waals surface area contributed by atoms with E-state index in [-0.39, 0.29) is 5.41 Å². The van der Waals surface area contributed by atoms with Crippen molar-refractivity contribution in [3.05, 3.63) is 23.2 Å². The van der Waals surface area contributed by atoms with Gasteiger partial charge in [0.25, 0.3) is 0 Å². The van der Waals surface area contributed by atoms with Crippen LogP contribution in [0.15, 0.2) is 23.2 Å². The molecule has 15 heavy (non-hydrogen) atoms. The van der Waals surface area contributed by atoms with Crippen LogP contribution in [-0.2, 0) is 14.3 Å². The normalized spacial score (nSPS) is 26.3. The van der Waals surface area contributed by atoms with E-state index in [1.165, 1.54) is 5.57 Å². The van der Waals surface area contributed by atoms with Crippen molar-refractivity contribution in [2.75, 3.05) is 6.79 Å². The maximum absolute atomic E-state index is 11.6. The number of rotatable bonds is 2. The second-order valence-corrected chi connectivity index (χ2v) is 4.50. The van der Waals surface area contributed by atoms with Gasteiger partial charge in [-0.1, -0.05) is 5.57 Å². The molecule has 3 rings (SSSR count). The van der Waals surface area contributed by atoms with Crippen LogP contribution in [0.2, 0.25) is 0 Å². The van der Waals surface area contributed by atoms with Gasteiger partial charge in [-0.2, -0.15) is 0 Å². The van der Waals surface area contributed by atoms with Crippen molar-refractivity contribution in [3.63, 3.8) is 0 Å². The fraction of sp³-hybridized carbons (Fsp3) is 0.583. The first-order valence-corrected chi connectivity index (χ1v) is 5.43. The van der Waals surface area contributed by atoms with Gasteiger partial charge in [-0.3, -0.25) is 4.79 Å². The standard InChI is InChI=1S/C12H14O3/c1-8(13)12(4-5-12)9-2-3-10-11(6-9)15-7-14-10/h6H,2-5,7H2,1H3. The number of ether oxygens (including phenoxy) is 2. The lowest BCUT2D eigenvalue weighted by molar-refractivity contribution is -0.120. The first-order valence-electron chi connectivity index (χ1n) is 5.43. The summed E-state index contributed by atoms with van der Waals surface area (Å²) in [6, 6.07) is 0. The Balaban J connectivity index is 1.92. The minimum absolute atomic E-state index is 0.134. The summed E-state index contributed by atoms with van der Waals surface area (Å²) in [5, 5.41) is 0. The van der Waals surface area contributed by atoms with Gasteiger partial charge in [-0.15, -0.1) is 0 Å². The van der Waals surface area contributed by atoms with Crippen LogP contribution in [-0.4, -0.2) is 12.6 Å². The molecule has 1 aliphatic heterocycles. The third-order valence-corrected chi connectivity index (χ3v) is 3.69. The van der Waals surface area contributed by atoms with Crippen molar-refractivity contribution in [3.8, 4) is 0 Å². The van der Waals surface area contributed by atoms with Crippen molar-refractivity contribution >= 4 is 5.78 Å². The summed E-state index contributed by atoms with van der Waals surface area (Å²) in [5.41, 5.74) is 1.11. The van der Waals surface area contributed by atoms with Gasteiger partial charge in [0.2, 0.25) is 6.79 Å². The fourth-order valence-corrected chi connectivity index (χ4v) is 2.51. The molecule has 0 unspecified atom stereocenters. The smallest absolute Gasteiger partial charge is 0.230 e. The molecule has 1 saturated carbocycles. The van der Waals surface area contributed by atoms with Gasteiger partial charge in [0, 0.05) is 6.42 Å². The maximum atomic E-state index is 11.6. The molecule has 0 aromatic heterocycles. The zero-order valence-corrected chi connectivity index (χ0v) is 8.84. The summed E-state index contributed by atoms with van der Waals surface area (Å²) in [5.74, 6) is 2.11. The van der Waals surface area contributed by atoms with E-state index in [4.69, 9.17) is 9.47 Å². The summed E-state index contributed by atoms with van der Waals surface area (Å²) in [6.45, 7) is 2.03. The van der Waals surface area contributed by atoms with Crippen LogP contribution < -0.4 is 0 Å². The third kappa shape index (κ3) is 1.22. The van der Waals surface area contributed by atoms with Crippen molar-refractivity contribution in [2.45, 2.75) is 32.6 Å². The van der Waals surface area contributed by atoms with E-state index < -0.39 is 0 Å². The first kappa shape index (κ1) is 9.01. The number of ketones is 1. The van der Waals surface area contributed by atoms with E-state index in [1.807, 2.05) is 6.08 Å². The molecular formula is C12H14O3. The van der Waals surface area contributed by atoms with Crippen LogP contribution in [0.1, 0.15) is 32.6 Å². The number of hydrogen-bond donors (Lipinski definition) is 0. The number of allylic oxidation sites excluding steroid dienone is 3. The molecule has 1 fully saturated rings. The number of carbonyl (C=O) groups excluding carboxylic acids is 1. The second kappa shape index (κ2) is 2.87. The van der Waals surface area contributed by atoms with Crippen LogP contribution in [0.25, 0.3) is 0 Å². The molecule has 0 N–H and O–H groups in total. The van der Waals surface area contributed by atoms with Crippen molar-refractivity contribution < 1.29 is 14.3 Å². The van der Waals surface area contributed by atoms with Gasteiger partial charge in [-0.05, 0) is 32.3 Å². The molecule has 0 atom stereocenters. The molecule has 3 nitrogen and oxygen atoms in total. The van der Waals surface area contributed by atoms with Gasteiger partial charge in [0.15, 0.2) is 5.76 Å². The Morgan fingerprint density at radius 1 is 1.33 bits per heavy atom. The molecule has 0 bridgehead atoms. The van der Waals surface area contributed by atoms with E-state index in [2.05, 4.69) is 0 Å². The van der Waals surface area contributed by atoms with E-state index >= 15 is 0 Å². The minimum Gasteiger partial charge on any atom is -0.458 e. The van der Waals surface area contributed by atoms with Crippen LogP contribution in [0.4, 0.5) is 0 Å². The lowest BCUT2D eigenvalue weighted by atomic mass is 9.85. The highest BCUT2D eigenvalue weighted by atomic mass is 16.7. The number of hydrogen-bond acceptors (Lipinski definition) is 3. The van der Waals surface area contributed by atoms with Gasteiger partial charge in [0.05, 0.1) is 5.41 Å². The van der Waals surface area contributed by atoms with E-state index in [9.17, 15) is 4.79 Å². The van der Waals surface area contributed by atoms with E-state index in [0.717, 1.165) is 37.2 Å². The molecule has 0 radical (unpaired) electrons. The molecule has 3 aliphatic rings. The lowest BCUT2D eigenvalue weighted by Crippen LogP contribution is -2.17. The molecule has 0 aromatic carbocycles. The fourth-order valence-electron chi connectivity index (χ4n) is 2.51. The van der Waals surface area contributed by atoms with Gasteiger partial charge >= 0.3 is 0 Å². The zero-order chi connectivity index (χ0) is 10.5. The van der Waals surface area contributed by atoms with Gasteiger partial charge < -0.3 is 9.47 Å². The number of Topliss-reactive ketones (excluding diaryl/α,β-unsaturated/α-hetero) is 1. The van der Waals surface area contributed by atoms with Crippen LogP contribution in [0.3, 0.4) is 0 Å². The average molecular weight is 206 g/mol. The quantitative estimate of drug-likeness (QED) is 0.695. The van der Waals surface area contributed by atoms with Crippen LogP contribution in [0, 0.1) is 5.41 Å². The summed E-state index contributed by atoms with van der Waals surface area (Å²) < 4.78 is 10.7. The molecular weight excluding hydrogens is 192 g/mol. The highest BCUT2D eigenvalue weighted by Crippen LogP contribution is 2.55. The van der Waals surface area contributed by atoms with Crippen molar-refractivity contribution in [2.24, 2.45) is 5.41 Å². The minimum atomic E-state index is -0.134. The van der Waals surface area contributed by atoms with Crippen LogP contribution in [0.5, 0.6) is 0 Å². The Hall–Kier alpha value is -1.25. The molecule has 1 heterocycles.